The van der Waals surface area contributed by atoms with Crippen molar-refractivity contribution in [3.8, 4) is 0 Å². The van der Waals surface area contributed by atoms with Crippen LogP contribution in [0.5, 0.6) is 0 Å². The van der Waals surface area contributed by atoms with Crippen LogP contribution in [0.15, 0.2) is 72.9 Å². The third kappa shape index (κ3) is 4.80. The fourth-order valence-electron chi connectivity index (χ4n) is 3.68. The molecule has 4 nitrogen and oxygen atoms in total. The molecule has 0 saturated carbocycles. The first-order valence-corrected chi connectivity index (χ1v) is 10.9. The van der Waals surface area contributed by atoms with E-state index in [1.54, 1.807) is 0 Å². The van der Waals surface area contributed by atoms with E-state index in [9.17, 15) is 4.79 Å². The van der Waals surface area contributed by atoms with Gasteiger partial charge in [-0.3, -0.25) is 9.48 Å². The Balaban J connectivity index is 1.52. The topological polar surface area (TPSA) is 46.9 Å². The van der Waals surface area contributed by atoms with Crippen LogP contribution < -0.4 is 5.32 Å². The lowest BCUT2D eigenvalue weighted by Crippen LogP contribution is -2.26. The summed E-state index contributed by atoms with van der Waals surface area (Å²) >= 11 is 6.11. The SMILES string of the molecule is CC(C)c1ccc(C(C)NC(=O)c2ccc3cnn(Cc4cccc(Cl)c4)c3c2)cc1. The Morgan fingerprint density at radius 3 is 2.45 bits per heavy atom. The monoisotopic (exact) mass is 431 g/mol. The molecule has 1 heterocycles. The van der Waals surface area contributed by atoms with E-state index in [1.807, 2.05) is 60.3 Å². The van der Waals surface area contributed by atoms with Crippen LogP contribution in [0.2, 0.25) is 5.02 Å². The van der Waals surface area contributed by atoms with Gasteiger partial charge in [-0.15, -0.1) is 0 Å². The molecule has 1 amide bonds. The summed E-state index contributed by atoms with van der Waals surface area (Å²) in [6.07, 6.45) is 1.82. The van der Waals surface area contributed by atoms with Crippen molar-refractivity contribution in [1.82, 2.24) is 15.1 Å². The molecule has 0 radical (unpaired) electrons. The predicted octanol–water partition coefficient (Wildman–Crippen LogP) is 6.35. The number of halogens is 1. The first-order valence-electron chi connectivity index (χ1n) is 10.5. The largest absolute Gasteiger partial charge is 0.346 e. The van der Waals surface area contributed by atoms with Gasteiger partial charge in [0.15, 0.2) is 0 Å². The summed E-state index contributed by atoms with van der Waals surface area (Å²) in [6, 6.07) is 21.8. The second kappa shape index (κ2) is 8.94. The van der Waals surface area contributed by atoms with Gasteiger partial charge in [0, 0.05) is 16.0 Å². The number of aromatic nitrogens is 2. The van der Waals surface area contributed by atoms with Gasteiger partial charge < -0.3 is 5.32 Å². The molecule has 158 valence electrons. The molecule has 0 aliphatic carbocycles. The van der Waals surface area contributed by atoms with Crippen LogP contribution in [0.3, 0.4) is 0 Å². The molecular weight excluding hydrogens is 406 g/mol. The number of hydrogen-bond donors (Lipinski definition) is 1. The zero-order valence-corrected chi connectivity index (χ0v) is 18.7. The summed E-state index contributed by atoms with van der Waals surface area (Å²) in [6.45, 7) is 6.94. The van der Waals surface area contributed by atoms with Gasteiger partial charge in [-0.25, -0.2) is 0 Å². The lowest BCUT2D eigenvalue weighted by atomic mass is 9.99. The second-order valence-electron chi connectivity index (χ2n) is 8.22. The van der Waals surface area contributed by atoms with Crippen molar-refractivity contribution in [1.29, 1.82) is 0 Å². The number of fused-ring (bicyclic) bond motifs is 1. The number of nitrogens with one attached hydrogen (secondary N) is 1. The molecule has 0 bridgehead atoms. The molecule has 0 aliphatic heterocycles. The Morgan fingerprint density at radius 2 is 1.74 bits per heavy atom. The van der Waals surface area contributed by atoms with Crippen LogP contribution in [-0.2, 0) is 6.54 Å². The maximum absolute atomic E-state index is 12.9. The average Bonchev–Trinajstić information content (AvgIpc) is 3.15. The molecule has 31 heavy (non-hydrogen) atoms. The Morgan fingerprint density at radius 1 is 1.00 bits per heavy atom. The van der Waals surface area contributed by atoms with E-state index < -0.39 is 0 Å². The van der Waals surface area contributed by atoms with Crippen LogP contribution in [-0.4, -0.2) is 15.7 Å². The van der Waals surface area contributed by atoms with E-state index in [1.165, 1.54) is 5.56 Å². The van der Waals surface area contributed by atoms with Crippen LogP contribution in [0.1, 0.15) is 59.8 Å². The van der Waals surface area contributed by atoms with E-state index in [0.717, 1.165) is 22.0 Å². The van der Waals surface area contributed by atoms with Gasteiger partial charge in [0.1, 0.15) is 0 Å². The van der Waals surface area contributed by atoms with Gasteiger partial charge in [0.05, 0.1) is 24.3 Å². The average molecular weight is 432 g/mol. The van der Waals surface area contributed by atoms with Crippen molar-refractivity contribution in [2.45, 2.75) is 39.3 Å². The molecule has 0 saturated heterocycles. The molecule has 1 aromatic heterocycles. The van der Waals surface area contributed by atoms with Gasteiger partial charge in [-0.2, -0.15) is 5.10 Å². The van der Waals surface area contributed by atoms with E-state index in [0.29, 0.717) is 23.0 Å². The molecule has 1 unspecified atom stereocenters. The molecule has 0 fully saturated rings. The third-order valence-electron chi connectivity index (χ3n) is 5.58. The number of hydrogen-bond acceptors (Lipinski definition) is 2. The summed E-state index contributed by atoms with van der Waals surface area (Å²) in [5.74, 6) is 0.389. The standard InChI is InChI=1S/C26H26ClN3O/c1-17(2)20-7-9-21(10-8-20)18(3)29-26(31)22-11-12-23-15-28-30(25(23)14-22)16-19-5-4-6-24(27)13-19/h4-15,17-18H,16H2,1-3H3,(H,29,31). The second-order valence-corrected chi connectivity index (χ2v) is 8.66. The Labute approximate surface area is 187 Å². The number of nitrogens with zero attached hydrogens (tertiary/aromatic N) is 2. The number of amides is 1. The zero-order valence-electron chi connectivity index (χ0n) is 18.0. The number of carbonyl (C=O) groups is 1. The maximum atomic E-state index is 12.9. The summed E-state index contributed by atoms with van der Waals surface area (Å²) < 4.78 is 1.89. The molecule has 1 atom stereocenters. The van der Waals surface area contributed by atoms with Crippen LogP contribution in [0.4, 0.5) is 0 Å². The summed E-state index contributed by atoms with van der Waals surface area (Å²) in [4.78, 5) is 12.9. The van der Waals surface area contributed by atoms with E-state index in [-0.39, 0.29) is 11.9 Å². The number of carbonyl (C=O) groups excluding carboxylic acids is 1. The maximum Gasteiger partial charge on any atom is 0.251 e. The fourth-order valence-corrected chi connectivity index (χ4v) is 3.89. The molecule has 0 aliphatic rings. The lowest BCUT2D eigenvalue weighted by molar-refractivity contribution is 0.0940. The summed E-state index contributed by atoms with van der Waals surface area (Å²) in [5.41, 5.74) is 4.98. The van der Waals surface area contributed by atoms with Crippen molar-refractivity contribution < 1.29 is 4.79 Å². The Kier molecular flexibility index (Phi) is 6.10. The molecular formula is C26H26ClN3O. The minimum atomic E-state index is -0.0992. The predicted molar refractivity (Wildman–Crippen MR) is 127 cm³/mol. The highest BCUT2D eigenvalue weighted by molar-refractivity contribution is 6.30. The highest BCUT2D eigenvalue weighted by Crippen LogP contribution is 2.21. The summed E-state index contributed by atoms with van der Waals surface area (Å²) in [7, 11) is 0. The van der Waals surface area contributed by atoms with Crippen LogP contribution in [0.25, 0.3) is 10.9 Å². The van der Waals surface area contributed by atoms with E-state index in [4.69, 9.17) is 11.6 Å². The van der Waals surface area contributed by atoms with E-state index >= 15 is 0 Å². The van der Waals surface area contributed by atoms with E-state index in [2.05, 4.69) is 48.5 Å². The first-order chi connectivity index (χ1) is 14.9. The molecule has 1 N–H and O–H groups in total. The highest BCUT2D eigenvalue weighted by Gasteiger charge is 2.14. The quantitative estimate of drug-likeness (QED) is 0.386. The van der Waals surface area contributed by atoms with Crippen molar-refractivity contribution in [2.24, 2.45) is 0 Å². The molecule has 5 heteroatoms. The van der Waals surface area contributed by atoms with Gasteiger partial charge in [-0.1, -0.05) is 67.9 Å². The lowest BCUT2D eigenvalue weighted by Gasteiger charge is -2.16. The van der Waals surface area contributed by atoms with Gasteiger partial charge in [-0.05, 0) is 53.8 Å². The summed E-state index contributed by atoms with van der Waals surface area (Å²) in [5, 5.41) is 9.30. The fraction of sp³-hybridized carbons (Fsp3) is 0.231. The molecule has 4 aromatic rings. The Bertz CT molecular complexity index is 1210. The van der Waals surface area contributed by atoms with Crippen molar-refractivity contribution in [2.75, 3.05) is 0 Å². The molecule has 0 spiro atoms. The minimum absolute atomic E-state index is 0.0826. The number of rotatable bonds is 6. The van der Waals surface area contributed by atoms with Crippen LogP contribution in [0, 0.1) is 0 Å². The highest BCUT2D eigenvalue weighted by atomic mass is 35.5. The van der Waals surface area contributed by atoms with Gasteiger partial charge in [0.25, 0.3) is 5.91 Å². The normalized spacial score (nSPS) is 12.3. The van der Waals surface area contributed by atoms with Crippen molar-refractivity contribution in [3.05, 3.63) is 100 Å². The van der Waals surface area contributed by atoms with Crippen LogP contribution >= 0.6 is 11.6 Å². The number of benzene rings is 3. The molecule has 3 aromatic carbocycles. The Hall–Kier alpha value is -3.11. The zero-order chi connectivity index (χ0) is 22.0. The van der Waals surface area contributed by atoms with Crippen molar-refractivity contribution >= 4 is 28.4 Å². The minimum Gasteiger partial charge on any atom is -0.346 e. The van der Waals surface area contributed by atoms with Crippen molar-refractivity contribution in [3.63, 3.8) is 0 Å². The smallest absolute Gasteiger partial charge is 0.251 e. The molecule has 4 rings (SSSR count). The van der Waals surface area contributed by atoms with Gasteiger partial charge in [0.2, 0.25) is 0 Å². The van der Waals surface area contributed by atoms with Gasteiger partial charge >= 0.3 is 0 Å². The third-order valence-corrected chi connectivity index (χ3v) is 5.81. The first kappa shape index (κ1) is 21.1.